The highest BCUT2D eigenvalue weighted by Gasteiger charge is 2.20. The van der Waals surface area contributed by atoms with Crippen LogP contribution in [0.25, 0.3) is 5.69 Å². The molecule has 146 valence electrons. The summed E-state index contributed by atoms with van der Waals surface area (Å²) >= 11 is 0. The van der Waals surface area contributed by atoms with E-state index in [-0.39, 0.29) is 25.3 Å². The lowest BCUT2D eigenvalue weighted by Crippen LogP contribution is -2.35. The number of hydrogen-bond acceptors (Lipinski definition) is 7. The first-order valence-electron chi connectivity index (χ1n) is 8.64. The summed E-state index contributed by atoms with van der Waals surface area (Å²) in [5, 5.41) is 14.8. The maximum atomic E-state index is 12.8. The lowest BCUT2D eigenvalue weighted by Gasteiger charge is -2.12. The molecular weight excluding hydrogens is 366 g/mol. The minimum atomic E-state index is -0.419. The topological polar surface area (TPSA) is 118 Å². The van der Waals surface area contributed by atoms with Gasteiger partial charge in [-0.2, -0.15) is 5.10 Å². The Hall–Kier alpha value is -3.63. The molecule has 0 radical (unpaired) electrons. The molecule has 0 fully saturated rings. The van der Waals surface area contributed by atoms with Crippen molar-refractivity contribution in [2.75, 3.05) is 6.79 Å². The van der Waals surface area contributed by atoms with Gasteiger partial charge >= 0.3 is 5.69 Å². The van der Waals surface area contributed by atoms with Crippen LogP contribution in [0.2, 0.25) is 0 Å². The van der Waals surface area contributed by atoms with Gasteiger partial charge in [0.15, 0.2) is 17.3 Å². The van der Waals surface area contributed by atoms with E-state index in [1.807, 2.05) is 0 Å². The van der Waals surface area contributed by atoms with Crippen LogP contribution in [-0.2, 0) is 18.4 Å². The summed E-state index contributed by atoms with van der Waals surface area (Å²) in [5.74, 6) is 1.90. The van der Waals surface area contributed by atoms with Crippen LogP contribution < -0.4 is 20.5 Å². The van der Waals surface area contributed by atoms with E-state index in [0.29, 0.717) is 28.8 Å². The number of carbonyl (C=O) groups excluding carboxylic acids is 1. The van der Waals surface area contributed by atoms with Crippen LogP contribution in [0.4, 0.5) is 0 Å². The molecule has 1 aliphatic heterocycles. The lowest BCUT2D eigenvalue weighted by molar-refractivity contribution is -0.122. The molecule has 1 aromatic carbocycles. The average Bonchev–Trinajstić information content (AvgIpc) is 3.34. The SMILES string of the molecule is Cc1nn(CC(=O)N[C@H](C)c2nncn2C)c(=O)n1-c1ccc2c(c1)OCO2. The summed E-state index contributed by atoms with van der Waals surface area (Å²) < 4.78 is 14.9. The van der Waals surface area contributed by atoms with Gasteiger partial charge in [0, 0.05) is 13.1 Å². The fourth-order valence-electron chi connectivity index (χ4n) is 3.11. The normalized spacial score (nSPS) is 13.5. The van der Waals surface area contributed by atoms with Crippen LogP contribution in [0.1, 0.15) is 24.6 Å². The van der Waals surface area contributed by atoms with Crippen molar-refractivity contribution >= 4 is 5.91 Å². The highest BCUT2D eigenvalue weighted by atomic mass is 16.7. The van der Waals surface area contributed by atoms with Gasteiger partial charge in [0.05, 0.1) is 11.7 Å². The van der Waals surface area contributed by atoms with E-state index in [2.05, 4.69) is 20.6 Å². The molecule has 3 heterocycles. The number of nitrogens with one attached hydrogen (secondary N) is 1. The largest absolute Gasteiger partial charge is 0.454 e. The molecule has 2 aromatic heterocycles. The highest BCUT2D eigenvalue weighted by molar-refractivity contribution is 5.76. The number of carbonyl (C=O) groups is 1. The Morgan fingerprint density at radius 3 is 2.86 bits per heavy atom. The van der Waals surface area contributed by atoms with E-state index in [4.69, 9.17) is 9.47 Å². The second kappa shape index (κ2) is 6.83. The molecule has 3 aromatic rings. The van der Waals surface area contributed by atoms with Gasteiger partial charge in [-0.1, -0.05) is 0 Å². The number of amides is 1. The van der Waals surface area contributed by atoms with E-state index >= 15 is 0 Å². The fraction of sp³-hybridized carbons (Fsp3) is 0.353. The number of fused-ring (bicyclic) bond motifs is 1. The standard InChI is InChI=1S/C17H19N7O4/c1-10(16-20-18-8-22(16)3)19-15(25)7-23-17(26)24(11(2)21-23)12-4-5-13-14(6-12)28-9-27-13/h4-6,8,10H,7,9H2,1-3H3,(H,19,25)/t10-/m1/s1. The molecule has 1 aliphatic rings. The Morgan fingerprint density at radius 2 is 2.11 bits per heavy atom. The molecule has 1 atom stereocenters. The Bertz CT molecular complexity index is 1100. The zero-order chi connectivity index (χ0) is 19.8. The van der Waals surface area contributed by atoms with Gasteiger partial charge in [-0.25, -0.2) is 14.0 Å². The third-order valence-electron chi connectivity index (χ3n) is 4.42. The minimum absolute atomic E-state index is 0.149. The molecule has 0 saturated carbocycles. The number of hydrogen-bond donors (Lipinski definition) is 1. The monoisotopic (exact) mass is 385 g/mol. The Balaban J connectivity index is 1.54. The summed E-state index contributed by atoms with van der Waals surface area (Å²) in [6.45, 7) is 3.43. The Labute approximate surface area is 159 Å². The molecule has 0 unspecified atom stereocenters. The van der Waals surface area contributed by atoms with Crippen molar-refractivity contribution in [1.82, 2.24) is 34.4 Å². The van der Waals surface area contributed by atoms with Gasteiger partial charge in [0.25, 0.3) is 0 Å². The molecule has 11 heteroatoms. The van der Waals surface area contributed by atoms with Crippen LogP contribution in [0.3, 0.4) is 0 Å². The smallest absolute Gasteiger partial charge is 0.351 e. The lowest BCUT2D eigenvalue weighted by atomic mass is 10.2. The second-order valence-electron chi connectivity index (χ2n) is 6.45. The second-order valence-corrected chi connectivity index (χ2v) is 6.45. The number of nitrogens with zero attached hydrogens (tertiary/aromatic N) is 6. The summed E-state index contributed by atoms with van der Waals surface area (Å²) in [7, 11) is 1.79. The zero-order valence-electron chi connectivity index (χ0n) is 15.6. The van der Waals surface area contributed by atoms with Crippen molar-refractivity contribution in [3.63, 3.8) is 0 Å². The molecule has 28 heavy (non-hydrogen) atoms. The molecular formula is C17H19N7O4. The maximum absolute atomic E-state index is 12.8. The van der Waals surface area contributed by atoms with Crippen molar-refractivity contribution in [3.8, 4) is 17.2 Å². The first kappa shape index (κ1) is 17.8. The number of ether oxygens (including phenoxy) is 2. The number of rotatable bonds is 5. The van der Waals surface area contributed by atoms with Crippen LogP contribution in [0.15, 0.2) is 29.3 Å². The van der Waals surface area contributed by atoms with Crippen molar-refractivity contribution in [2.45, 2.75) is 26.4 Å². The molecule has 0 spiro atoms. The van der Waals surface area contributed by atoms with Crippen molar-refractivity contribution < 1.29 is 14.3 Å². The van der Waals surface area contributed by atoms with E-state index in [9.17, 15) is 9.59 Å². The third kappa shape index (κ3) is 3.10. The van der Waals surface area contributed by atoms with E-state index in [1.165, 1.54) is 4.57 Å². The van der Waals surface area contributed by atoms with Gasteiger partial charge in [0.2, 0.25) is 12.7 Å². The van der Waals surface area contributed by atoms with Crippen molar-refractivity contribution in [3.05, 3.63) is 46.7 Å². The average molecular weight is 385 g/mol. The van der Waals surface area contributed by atoms with Gasteiger partial charge < -0.3 is 19.4 Å². The number of aromatic nitrogens is 6. The first-order chi connectivity index (χ1) is 13.4. The first-order valence-corrected chi connectivity index (χ1v) is 8.64. The predicted molar refractivity (Wildman–Crippen MR) is 96.2 cm³/mol. The van der Waals surface area contributed by atoms with Gasteiger partial charge in [-0.15, -0.1) is 10.2 Å². The summed E-state index contributed by atoms with van der Waals surface area (Å²) in [6, 6.07) is 4.83. The molecule has 0 aliphatic carbocycles. The Kier molecular flexibility index (Phi) is 4.34. The van der Waals surface area contributed by atoms with Gasteiger partial charge in [-0.3, -0.25) is 4.79 Å². The van der Waals surface area contributed by atoms with Crippen LogP contribution >= 0.6 is 0 Å². The van der Waals surface area contributed by atoms with Crippen LogP contribution in [0.5, 0.6) is 11.5 Å². The molecule has 0 saturated heterocycles. The quantitative estimate of drug-likeness (QED) is 0.661. The van der Waals surface area contributed by atoms with Gasteiger partial charge in [-0.05, 0) is 26.0 Å². The Morgan fingerprint density at radius 1 is 1.32 bits per heavy atom. The fourth-order valence-corrected chi connectivity index (χ4v) is 3.11. The number of benzene rings is 1. The van der Waals surface area contributed by atoms with E-state index in [0.717, 1.165) is 4.68 Å². The summed E-state index contributed by atoms with van der Waals surface area (Å²) in [5.41, 5.74) is 0.170. The van der Waals surface area contributed by atoms with Crippen molar-refractivity contribution in [1.29, 1.82) is 0 Å². The van der Waals surface area contributed by atoms with Crippen LogP contribution in [0, 0.1) is 6.92 Å². The zero-order valence-corrected chi connectivity index (χ0v) is 15.6. The number of aryl methyl sites for hydroxylation is 2. The highest BCUT2D eigenvalue weighted by Crippen LogP contribution is 2.33. The van der Waals surface area contributed by atoms with Crippen LogP contribution in [-0.4, -0.2) is 41.8 Å². The summed E-state index contributed by atoms with van der Waals surface area (Å²) in [4.78, 5) is 25.2. The molecule has 1 amide bonds. The molecule has 0 bridgehead atoms. The molecule has 4 rings (SSSR count). The minimum Gasteiger partial charge on any atom is -0.454 e. The van der Waals surface area contributed by atoms with E-state index < -0.39 is 5.69 Å². The molecule has 1 N–H and O–H groups in total. The van der Waals surface area contributed by atoms with E-state index in [1.54, 1.807) is 50.0 Å². The summed E-state index contributed by atoms with van der Waals surface area (Å²) in [6.07, 6.45) is 1.55. The maximum Gasteiger partial charge on any atom is 0.351 e. The van der Waals surface area contributed by atoms with Crippen molar-refractivity contribution in [2.24, 2.45) is 7.05 Å². The molecule has 11 nitrogen and oxygen atoms in total. The third-order valence-corrected chi connectivity index (χ3v) is 4.42. The predicted octanol–water partition coefficient (Wildman–Crippen LogP) is 0.0770. The van der Waals surface area contributed by atoms with Gasteiger partial charge in [0.1, 0.15) is 18.7 Å².